The fourth-order valence-electron chi connectivity index (χ4n) is 2.07. The zero-order valence-corrected chi connectivity index (χ0v) is 13.6. The maximum Gasteiger partial charge on any atom is 0.0353 e. The largest absolute Gasteiger partial charge is 0.383 e. The summed E-state index contributed by atoms with van der Waals surface area (Å²) in [5.74, 6) is 0. The number of nitrogens with one attached hydrogen (secondary N) is 1. The number of hydrogen-bond acceptors (Lipinski definition) is 1. The van der Waals surface area contributed by atoms with E-state index in [2.05, 4.69) is 90.3 Å². The fraction of sp³-hybridized carbons (Fsp3) is 0.294. The molecule has 2 rings (SSSR count). The molecule has 2 heteroatoms. The van der Waals surface area contributed by atoms with Gasteiger partial charge in [0.15, 0.2) is 0 Å². The van der Waals surface area contributed by atoms with Crippen molar-refractivity contribution < 1.29 is 0 Å². The zero-order chi connectivity index (χ0) is 13.7. The number of halogens is 1. The summed E-state index contributed by atoms with van der Waals surface area (Å²) in [6, 6.07) is 17.7. The molecule has 0 bridgehead atoms. The molecule has 0 amide bonds. The van der Waals surface area contributed by atoms with Crippen LogP contribution in [0.3, 0.4) is 0 Å². The minimum atomic E-state index is 0.485. The van der Waals surface area contributed by atoms with Crippen molar-refractivity contribution in [2.75, 3.05) is 5.32 Å². The summed E-state index contributed by atoms with van der Waals surface area (Å²) in [4.78, 5) is 0. The van der Waals surface area contributed by atoms with Crippen LogP contribution in [0.4, 0.5) is 5.69 Å². The summed E-state index contributed by atoms with van der Waals surface area (Å²) in [5.41, 5.74) is 3.97. The average molecular weight is 365 g/mol. The lowest BCUT2D eigenvalue weighted by Crippen LogP contribution is -2.16. The van der Waals surface area contributed by atoms with Crippen LogP contribution in [-0.4, -0.2) is 6.04 Å². The Bertz CT molecular complexity index is 522. The highest BCUT2D eigenvalue weighted by Gasteiger charge is 2.04. The monoisotopic (exact) mass is 365 g/mol. The Morgan fingerprint density at radius 2 is 1.84 bits per heavy atom. The first kappa shape index (κ1) is 14.4. The summed E-state index contributed by atoms with van der Waals surface area (Å²) >= 11 is 2.39. The normalized spacial score (nSPS) is 12.2. The lowest BCUT2D eigenvalue weighted by atomic mass is 10.1. The van der Waals surface area contributed by atoms with E-state index in [-0.39, 0.29) is 0 Å². The molecule has 2 aromatic rings. The third-order valence-electron chi connectivity index (χ3n) is 3.29. The van der Waals surface area contributed by atoms with Crippen molar-refractivity contribution in [2.24, 2.45) is 0 Å². The van der Waals surface area contributed by atoms with Gasteiger partial charge < -0.3 is 5.32 Å². The molecule has 0 radical (unpaired) electrons. The van der Waals surface area contributed by atoms with Crippen molar-refractivity contribution in [3.63, 3.8) is 0 Å². The maximum atomic E-state index is 3.58. The van der Waals surface area contributed by atoms with Crippen molar-refractivity contribution in [1.82, 2.24) is 0 Å². The molecule has 0 aliphatic carbocycles. The summed E-state index contributed by atoms with van der Waals surface area (Å²) in [6.45, 7) is 4.39. The van der Waals surface area contributed by atoms with Crippen molar-refractivity contribution >= 4 is 28.3 Å². The molecule has 0 spiro atoms. The molecule has 0 fully saturated rings. The first-order valence-corrected chi connectivity index (χ1v) is 7.79. The van der Waals surface area contributed by atoms with Gasteiger partial charge in [-0.2, -0.15) is 0 Å². The van der Waals surface area contributed by atoms with Gasteiger partial charge in [0.05, 0.1) is 0 Å². The maximum absolute atomic E-state index is 3.58. The highest BCUT2D eigenvalue weighted by atomic mass is 127. The highest BCUT2D eigenvalue weighted by molar-refractivity contribution is 14.1. The molecule has 19 heavy (non-hydrogen) atoms. The van der Waals surface area contributed by atoms with Gasteiger partial charge in [-0.25, -0.2) is 0 Å². The van der Waals surface area contributed by atoms with E-state index in [0.29, 0.717) is 6.04 Å². The van der Waals surface area contributed by atoms with E-state index in [4.69, 9.17) is 0 Å². The van der Waals surface area contributed by atoms with Crippen LogP contribution in [0.15, 0.2) is 48.5 Å². The van der Waals surface area contributed by atoms with E-state index in [1.165, 1.54) is 20.4 Å². The van der Waals surface area contributed by atoms with E-state index < -0.39 is 0 Å². The van der Waals surface area contributed by atoms with Crippen LogP contribution in [-0.2, 0) is 6.42 Å². The molecule has 1 nitrogen and oxygen atoms in total. The number of rotatable bonds is 5. The number of benzene rings is 2. The van der Waals surface area contributed by atoms with E-state index >= 15 is 0 Å². The predicted octanol–water partition coefficient (Wildman–Crippen LogP) is 5.03. The number of anilines is 1. The third-order valence-corrected chi connectivity index (χ3v) is 4.46. The van der Waals surface area contributed by atoms with Gasteiger partial charge >= 0.3 is 0 Å². The minimum Gasteiger partial charge on any atom is -0.383 e. The van der Waals surface area contributed by atoms with Gasteiger partial charge in [0, 0.05) is 15.3 Å². The quantitative estimate of drug-likeness (QED) is 0.733. The molecule has 0 saturated carbocycles. The predicted molar refractivity (Wildman–Crippen MR) is 91.7 cm³/mol. The Morgan fingerprint density at radius 1 is 1.11 bits per heavy atom. The van der Waals surface area contributed by atoms with Crippen molar-refractivity contribution in [3.05, 3.63) is 63.2 Å². The van der Waals surface area contributed by atoms with Gasteiger partial charge in [0.25, 0.3) is 0 Å². The van der Waals surface area contributed by atoms with Gasteiger partial charge in [-0.1, -0.05) is 36.4 Å². The topological polar surface area (TPSA) is 12.0 Å². The summed E-state index contributed by atoms with van der Waals surface area (Å²) < 4.78 is 1.32. The standard InChI is InChI=1S/C17H20IN/c1-13-8-11-16(12-17(13)18)19-14(2)9-10-15-6-4-3-5-7-15/h3-8,11-12,14,19H,9-10H2,1-2H3. The lowest BCUT2D eigenvalue weighted by molar-refractivity contribution is 0.706. The van der Waals surface area contributed by atoms with Crippen molar-refractivity contribution in [1.29, 1.82) is 0 Å². The van der Waals surface area contributed by atoms with Crippen LogP contribution in [0.1, 0.15) is 24.5 Å². The molecule has 0 heterocycles. The summed E-state index contributed by atoms with van der Waals surface area (Å²) in [5, 5.41) is 3.58. The van der Waals surface area contributed by atoms with Crippen LogP contribution in [0.5, 0.6) is 0 Å². The Balaban J connectivity index is 1.87. The van der Waals surface area contributed by atoms with Gasteiger partial charge in [-0.05, 0) is 72.5 Å². The molecule has 0 aliphatic rings. The highest BCUT2D eigenvalue weighted by Crippen LogP contribution is 2.18. The Hall–Kier alpha value is -1.03. The first-order valence-electron chi connectivity index (χ1n) is 6.72. The van der Waals surface area contributed by atoms with Crippen LogP contribution < -0.4 is 5.32 Å². The van der Waals surface area contributed by atoms with Gasteiger partial charge in [0.2, 0.25) is 0 Å². The van der Waals surface area contributed by atoms with Crippen LogP contribution in [0.2, 0.25) is 0 Å². The van der Waals surface area contributed by atoms with Crippen molar-refractivity contribution in [3.8, 4) is 0 Å². The van der Waals surface area contributed by atoms with E-state index in [1.807, 2.05) is 0 Å². The molecule has 0 aromatic heterocycles. The van der Waals surface area contributed by atoms with Gasteiger partial charge in [-0.3, -0.25) is 0 Å². The summed E-state index contributed by atoms with van der Waals surface area (Å²) in [6.07, 6.45) is 2.27. The minimum absolute atomic E-state index is 0.485. The first-order chi connectivity index (χ1) is 9.15. The molecule has 0 aliphatic heterocycles. The Kier molecular flexibility index (Phi) is 5.25. The average Bonchev–Trinajstić information content (AvgIpc) is 2.42. The lowest BCUT2D eigenvalue weighted by Gasteiger charge is -2.16. The molecule has 2 aromatic carbocycles. The van der Waals surface area contributed by atoms with Crippen LogP contribution in [0, 0.1) is 10.5 Å². The smallest absolute Gasteiger partial charge is 0.0353 e. The Labute approximate surface area is 129 Å². The SMILES string of the molecule is Cc1ccc(NC(C)CCc2ccccc2)cc1I. The van der Waals surface area contributed by atoms with E-state index in [9.17, 15) is 0 Å². The van der Waals surface area contributed by atoms with E-state index in [1.54, 1.807) is 0 Å². The summed E-state index contributed by atoms with van der Waals surface area (Å²) in [7, 11) is 0. The third kappa shape index (κ3) is 4.53. The van der Waals surface area contributed by atoms with E-state index in [0.717, 1.165) is 12.8 Å². The van der Waals surface area contributed by atoms with Crippen molar-refractivity contribution in [2.45, 2.75) is 32.7 Å². The molecule has 100 valence electrons. The zero-order valence-electron chi connectivity index (χ0n) is 11.5. The van der Waals surface area contributed by atoms with Crippen LogP contribution >= 0.6 is 22.6 Å². The molecular formula is C17H20IN. The molecule has 1 unspecified atom stereocenters. The molecule has 1 atom stereocenters. The van der Waals surface area contributed by atoms with Crippen LogP contribution in [0.25, 0.3) is 0 Å². The van der Waals surface area contributed by atoms with Gasteiger partial charge in [0.1, 0.15) is 0 Å². The fourth-order valence-corrected chi connectivity index (χ4v) is 2.58. The molecule has 0 saturated heterocycles. The Morgan fingerprint density at radius 3 is 2.53 bits per heavy atom. The van der Waals surface area contributed by atoms with Gasteiger partial charge in [-0.15, -0.1) is 0 Å². The second-order valence-corrected chi connectivity index (χ2v) is 6.20. The molecular weight excluding hydrogens is 345 g/mol. The second-order valence-electron chi connectivity index (χ2n) is 5.03. The number of hydrogen-bond donors (Lipinski definition) is 1. The number of aryl methyl sites for hydroxylation is 2. The molecule has 1 N–H and O–H groups in total. The second kappa shape index (κ2) is 6.94.